The van der Waals surface area contributed by atoms with Gasteiger partial charge in [-0.15, -0.1) is 0 Å². The summed E-state index contributed by atoms with van der Waals surface area (Å²) in [5.41, 5.74) is 14.7. The van der Waals surface area contributed by atoms with E-state index < -0.39 is 0 Å². The standard InChI is InChI=1S/C37H22O/c38-24-29-18-27(11-9-25-13-15-36-32(20-25)22-30-5-1-3-7-34(30)36)17-28(19-29)12-10-26-14-16-37-33(21-26)23-31-6-2-4-8-35(31)37/h1-8,13-21,24H,22-23H2. The lowest BCUT2D eigenvalue weighted by atomic mass is 10.0. The lowest BCUT2D eigenvalue weighted by molar-refractivity contribution is 0.112. The summed E-state index contributed by atoms with van der Waals surface area (Å²) in [6.45, 7) is 0. The van der Waals surface area contributed by atoms with Gasteiger partial charge < -0.3 is 0 Å². The molecule has 0 N–H and O–H groups in total. The van der Waals surface area contributed by atoms with Crippen molar-refractivity contribution in [2.75, 3.05) is 0 Å². The molecule has 0 aromatic heterocycles. The molecule has 2 aliphatic rings. The average molecular weight is 483 g/mol. The number of rotatable bonds is 1. The van der Waals surface area contributed by atoms with Gasteiger partial charge in [-0.05, 0) is 99.8 Å². The fourth-order valence-corrected chi connectivity index (χ4v) is 5.60. The molecule has 0 unspecified atom stereocenters. The topological polar surface area (TPSA) is 17.1 Å². The first-order chi connectivity index (χ1) is 18.7. The molecular weight excluding hydrogens is 460 g/mol. The van der Waals surface area contributed by atoms with E-state index in [9.17, 15) is 4.79 Å². The maximum absolute atomic E-state index is 11.6. The minimum Gasteiger partial charge on any atom is -0.298 e. The number of hydrogen-bond acceptors (Lipinski definition) is 1. The van der Waals surface area contributed by atoms with E-state index in [-0.39, 0.29) is 0 Å². The fraction of sp³-hybridized carbons (Fsp3) is 0.0541. The second-order valence-electron chi connectivity index (χ2n) is 9.87. The smallest absolute Gasteiger partial charge is 0.150 e. The van der Waals surface area contributed by atoms with Crippen LogP contribution in [0.4, 0.5) is 0 Å². The Hall–Kier alpha value is -5.11. The van der Waals surface area contributed by atoms with Crippen molar-refractivity contribution >= 4 is 6.29 Å². The molecule has 0 heterocycles. The van der Waals surface area contributed by atoms with Crippen molar-refractivity contribution in [2.24, 2.45) is 0 Å². The summed E-state index contributed by atoms with van der Waals surface area (Å²) < 4.78 is 0. The molecule has 0 atom stereocenters. The number of hydrogen-bond donors (Lipinski definition) is 0. The molecule has 1 heteroatoms. The third kappa shape index (κ3) is 4.02. The highest BCUT2D eigenvalue weighted by atomic mass is 16.1. The van der Waals surface area contributed by atoms with E-state index in [1.54, 1.807) is 0 Å². The van der Waals surface area contributed by atoms with Crippen LogP contribution >= 0.6 is 0 Å². The second-order valence-corrected chi connectivity index (χ2v) is 9.87. The maximum Gasteiger partial charge on any atom is 0.150 e. The van der Waals surface area contributed by atoms with Gasteiger partial charge in [0.15, 0.2) is 0 Å². The van der Waals surface area contributed by atoms with E-state index in [1.165, 1.54) is 44.5 Å². The number of carbonyl (C=O) groups is 1. The van der Waals surface area contributed by atoms with Gasteiger partial charge in [-0.1, -0.05) is 84.3 Å². The van der Waals surface area contributed by atoms with E-state index in [0.717, 1.165) is 41.4 Å². The van der Waals surface area contributed by atoms with Crippen LogP contribution in [0.2, 0.25) is 0 Å². The Bertz CT molecular complexity index is 1770. The zero-order chi connectivity index (χ0) is 25.5. The molecule has 0 aliphatic heterocycles. The second kappa shape index (κ2) is 9.08. The van der Waals surface area contributed by atoms with Gasteiger partial charge in [-0.25, -0.2) is 0 Å². The van der Waals surface area contributed by atoms with Gasteiger partial charge >= 0.3 is 0 Å². The molecule has 0 saturated heterocycles. The number of aldehydes is 1. The van der Waals surface area contributed by atoms with E-state index in [4.69, 9.17) is 0 Å². The van der Waals surface area contributed by atoms with E-state index in [1.807, 2.05) is 18.2 Å². The summed E-state index contributed by atoms with van der Waals surface area (Å²) in [5.74, 6) is 13.1. The van der Waals surface area contributed by atoms with E-state index in [0.29, 0.717) is 5.56 Å². The summed E-state index contributed by atoms with van der Waals surface area (Å²) in [5, 5.41) is 0. The molecule has 0 bridgehead atoms. The van der Waals surface area contributed by atoms with Crippen molar-refractivity contribution in [1.29, 1.82) is 0 Å². The van der Waals surface area contributed by atoms with E-state index >= 15 is 0 Å². The summed E-state index contributed by atoms with van der Waals surface area (Å²) >= 11 is 0. The van der Waals surface area contributed by atoms with Crippen molar-refractivity contribution in [3.05, 3.63) is 153 Å². The van der Waals surface area contributed by atoms with Crippen molar-refractivity contribution in [3.8, 4) is 45.9 Å². The molecule has 0 amide bonds. The fourth-order valence-electron chi connectivity index (χ4n) is 5.60. The van der Waals surface area contributed by atoms with Crippen molar-refractivity contribution in [2.45, 2.75) is 12.8 Å². The molecule has 7 rings (SSSR count). The number of fused-ring (bicyclic) bond motifs is 6. The third-order valence-electron chi connectivity index (χ3n) is 7.38. The third-order valence-corrected chi connectivity index (χ3v) is 7.38. The van der Waals surface area contributed by atoms with Gasteiger partial charge in [-0.3, -0.25) is 4.79 Å². The molecule has 0 spiro atoms. The maximum atomic E-state index is 11.6. The Labute approximate surface area is 222 Å². The van der Waals surface area contributed by atoms with Crippen LogP contribution in [-0.2, 0) is 12.8 Å². The van der Waals surface area contributed by atoms with Gasteiger partial charge in [0.05, 0.1) is 0 Å². The van der Waals surface area contributed by atoms with Crippen molar-refractivity contribution in [3.63, 3.8) is 0 Å². The van der Waals surface area contributed by atoms with Crippen molar-refractivity contribution < 1.29 is 4.79 Å². The molecule has 2 aliphatic carbocycles. The lowest BCUT2D eigenvalue weighted by Crippen LogP contribution is -1.88. The van der Waals surface area contributed by atoms with Crippen LogP contribution in [0.15, 0.2) is 103 Å². The monoisotopic (exact) mass is 482 g/mol. The summed E-state index contributed by atoms with van der Waals surface area (Å²) in [6, 6.07) is 35.5. The first-order valence-electron chi connectivity index (χ1n) is 12.8. The Morgan fingerprint density at radius 3 is 1.39 bits per heavy atom. The van der Waals surface area contributed by atoms with Crippen LogP contribution in [0.3, 0.4) is 0 Å². The van der Waals surface area contributed by atoms with Crippen LogP contribution < -0.4 is 0 Å². The highest BCUT2D eigenvalue weighted by molar-refractivity contribution is 5.79. The molecule has 5 aromatic carbocycles. The van der Waals surface area contributed by atoms with Gasteiger partial charge in [-0.2, -0.15) is 0 Å². The Morgan fingerprint density at radius 2 is 0.895 bits per heavy atom. The minimum absolute atomic E-state index is 0.579. The zero-order valence-electron chi connectivity index (χ0n) is 20.7. The highest BCUT2D eigenvalue weighted by Gasteiger charge is 2.18. The molecular formula is C37H22O. The molecule has 0 radical (unpaired) electrons. The largest absolute Gasteiger partial charge is 0.298 e. The Balaban J connectivity index is 1.16. The van der Waals surface area contributed by atoms with Crippen molar-refractivity contribution in [1.82, 2.24) is 0 Å². The zero-order valence-corrected chi connectivity index (χ0v) is 20.7. The van der Waals surface area contributed by atoms with Crippen LogP contribution in [0.5, 0.6) is 0 Å². The van der Waals surface area contributed by atoms with Gasteiger partial charge in [0, 0.05) is 27.8 Å². The molecule has 0 saturated carbocycles. The normalized spacial score (nSPS) is 11.7. The van der Waals surface area contributed by atoms with Gasteiger partial charge in [0.25, 0.3) is 0 Å². The van der Waals surface area contributed by atoms with E-state index in [2.05, 4.69) is 109 Å². The molecule has 38 heavy (non-hydrogen) atoms. The van der Waals surface area contributed by atoms with Gasteiger partial charge in [0.1, 0.15) is 6.29 Å². The molecule has 176 valence electrons. The molecule has 5 aromatic rings. The molecule has 1 nitrogen and oxygen atoms in total. The van der Waals surface area contributed by atoms with Gasteiger partial charge in [0.2, 0.25) is 0 Å². The number of benzene rings is 5. The first-order valence-corrected chi connectivity index (χ1v) is 12.8. The quantitative estimate of drug-likeness (QED) is 0.176. The lowest BCUT2D eigenvalue weighted by Gasteiger charge is -2.01. The predicted molar refractivity (Wildman–Crippen MR) is 153 cm³/mol. The summed E-state index contributed by atoms with van der Waals surface area (Å²) in [6.07, 6.45) is 2.74. The van der Waals surface area contributed by atoms with Crippen LogP contribution in [0, 0.1) is 23.7 Å². The van der Waals surface area contributed by atoms with Crippen LogP contribution in [0.1, 0.15) is 54.9 Å². The van der Waals surface area contributed by atoms with Crippen LogP contribution in [0.25, 0.3) is 22.3 Å². The summed E-state index contributed by atoms with van der Waals surface area (Å²) in [4.78, 5) is 11.6. The SMILES string of the molecule is O=Cc1cc(C#Cc2ccc3c(c2)Cc2ccccc2-3)cc(C#Cc2ccc3c(c2)Cc2ccccc2-3)c1. The first kappa shape index (κ1) is 22.1. The number of carbonyl (C=O) groups excluding carboxylic acids is 1. The summed E-state index contributed by atoms with van der Waals surface area (Å²) in [7, 11) is 0. The average Bonchev–Trinajstić information content (AvgIpc) is 3.52. The molecule has 0 fully saturated rings. The minimum atomic E-state index is 0.579. The Kier molecular flexibility index (Phi) is 5.28. The highest BCUT2D eigenvalue weighted by Crippen LogP contribution is 2.37. The van der Waals surface area contributed by atoms with Crippen LogP contribution in [-0.4, -0.2) is 6.29 Å². The Morgan fingerprint density at radius 1 is 0.447 bits per heavy atom. The predicted octanol–water partition coefficient (Wildman–Crippen LogP) is 7.44.